The van der Waals surface area contributed by atoms with Crippen LogP contribution in [0.15, 0.2) is 194 Å². The van der Waals surface area contributed by atoms with E-state index < -0.39 is 0 Å². The third-order valence-electron chi connectivity index (χ3n) is 11.9. The fourth-order valence-electron chi connectivity index (χ4n) is 8.89. The summed E-state index contributed by atoms with van der Waals surface area (Å²) in [4.78, 5) is 10.3. The predicted molar refractivity (Wildman–Crippen MR) is 247 cm³/mol. The van der Waals surface area contributed by atoms with Crippen LogP contribution in [0.3, 0.4) is 0 Å². The standard InChI is InChI=1S/C56H41N3O/c1-2-46-33-44(34-49(57-46)40-16-8-4-9-17-40)39-24-22-38(23-25-39)42-27-30-53-43(32-42)26-28-48-54(60-53)31-29-52-56(48)47-20-12-13-21-51(47)59(52)55-36-45(37-14-6-3-7-15-37)35-50(58-55)41-18-10-5-11-19-41/h3-36,48,54H,2H2,1H3. The molecule has 2 unspecified atom stereocenters. The van der Waals surface area contributed by atoms with E-state index in [4.69, 9.17) is 14.7 Å². The molecule has 0 fully saturated rings. The Hall–Kier alpha value is -7.56. The van der Waals surface area contributed by atoms with E-state index >= 15 is 0 Å². The first-order chi connectivity index (χ1) is 29.7. The number of aromatic nitrogens is 3. The molecule has 0 amide bonds. The van der Waals surface area contributed by atoms with Crippen LogP contribution < -0.4 is 4.74 Å². The highest BCUT2D eigenvalue weighted by molar-refractivity contribution is 5.92. The highest BCUT2D eigenvalue weighted by atomic mass is 16.5. The maximum Gasteiger partial charge on any atom is 0.138 e. The van der Waals surface area contributed by atoms with Gasteiger partial charge in [-0.1, -0.05) is 159 Å². The minimum absolute atomic E-state index is 0.00587. The van der Waals surface area contributed by atoms with Crippen molar-refractivity contribution in [1.82, 2.24) is 14.5 Å². The summed E-state index contributed by atoms with van der Waals surface area (Å²) < 4.78 is 9.23. The van der Waals surface area contributed by atoms with Crippen LogP contribution in [0, 0.1) is 0 Å². The Bertz CT molecular complexity index is 3030. The van der Waals surface area contributed by atoms with Gasteiger partial charge in [0.1, 0.15) is 17.7 Å². The first-order valence-corrected chi connectivity index (χ1v) is 20.8. The van der Waals surface area contributed by atoms with E-state index in [1.165, 1.54) is 22.1 Å². The molecule has 0 bridgehead atoms. The van der Waals surface area contributed by atoms with E-state index in [0.29, 0.717) is 0 Å². The molecule has 4 nitrogen and oxygen atoms in total. The molecule has 0 spiro atoms. The average molecular weight is 772 g/mol. The minimum atomic E-state index is -0.156. The Morgan fingerprint density at radius 3 is 1.78 bits per heavy atom. The summed E-state index contributed by atoms with van der Waals surface area (Å²) in [5.74, 6) is 1.78. The zero-order valence-corrected chi connectivity index (χ0v) is 33.2. The SMILES string of the molecule is CCc1cc(-c2ccc(-c3ccc4c(c3)C=CC3c5c(n(-c6cc(-c7ccccc7)cc(-c7ccccc7)n6)c6ccccc56)C=CC3O4)cc2)cc(-c2ccccc2)n1. The summed E-state index contributed by atoms with van der Waals surface area (Å²) in [6, 6.07) is 64.5. The van der Waals surface area contributed by atoms with Crippen LogP contribution in [0.2, 0.25) is 0 Å². The second-order valence-corrected chi connectivity index (χ2v) is 15.6. The van der Waals surface area contributed by atoms with Gasteiger partial charge in [0.15, 0.2) is 0 Å². The minimum Gasteiger partial charge on any atom is -0.485 e. The number of para-hydroxylation sites is 1. The van der Waals surface area contributed by atoms with Crippen LogP contribution >= 0.6 is 0 Å². The fraction of sp³-hybridized carbons (Fsp3) is 0.0714. The molecule has 0 N–H and O–H groups in total. The molecule has 0 radical (unpaired) electrons. The van der Waals surface area contributed by atoms with E-state index in [9.17, 15) is 0 Å². The quantitative estimate of drug-likeness (QED) is 0.162. The van der Waals surface area contributed by atoms with Gasteiger partial charge in [0, 0.05) is 33.7 Å². The Kier molecular flexibility index (Phi) is 8.89. The van der Waals surface area contributed by atoms with Crippen molar-refractivity contribution in [3.05, 3.63) is 217 Å². The van der Waals surface area contributed by atoms with Crippen LogP contribution in [-0.2, 0) is 6.42 Å². The third kappa shape index (κ3) is 6.43. The molecule has 3 aromatic heterocycles. The number of hydrogen-bond acceptors (Lipinski definition) is 3. The van der Waals surface area contributed by atoms with Gasteiger partial charge in [0.25, 0.3) is 0 Å². The number of ether oxygens (including phenoxy) is 1. The van der Waals surface area contributed by atoms with Gasteiger partial charge in [-0.25, -0.2) is 4.98 Å². The lowest BCUT2D eigenvalue weighted by atomic mass is 9.86. The van der Waals surface area contributed by atoms with Crippen molar-refractivity contribution in [2.24, 2.45) is 0 Å². The van der Waals surface area contributed by atoms with Gasteiger partial charge < -0.3 is 4.74 Å². The lowest BCUT2D eigenvalue weighted by Crippen LogP contribution is -2.24. The number of pyridine rings is 2. The molecule has 60 heavy (non-hydrogen) atoms. The Morgan fingerprint density at radius 2 is 1.08 bits per heavy atom. The van der Waals surface area contributed by atoms with E-state index in [-0.39, 0.29) is 12.0 Å². The fourth-order valence-corrected chi connectivity index (χ4v) is 8.89. The Labute approximate surface area is 350 Å². The number of hydrogen-bond donors (Lipinski definition) is 0. The molecule has 0 saturated carbocycles. The lowest BCUT2D eigenvalue weighted by Gasteiger charge is -2.26. The Balaban J connectivity index is 0.948. The molecule has 6 aromatic carbocycles. The Morgan fingerprint density at radius 1 is 0.500 bits per heavy atom. The second-order valence-electron chi connectivity index (χ2n) is 15.6. The highest BCUT2D eigenvalue weighted by Crippen LogP contribution is 2.45. The molecule has 9 aromatic rings. The first-order valence-electron chi connectivity index (χ1n) is 20.8. The second kappa shape index (κ2) is 15.0. The van der Waals surface area contributed by atoms with Gasteiger partial charge in [0.2, 0.25) is 0 Å². The van der Waals surface area contributed by atoms with Crippen LogP contribution in [-0.4, -0.2) is 20.6 Å². The molecule has 0 saturated heterocycles. The van der Waals surface area contributed by atoms with Gasteiger partial charge in [0.05, 0.1) is 22.6 Å². The van der Waals surface area contributed by atoms with Crippen molar-refractivity contribution in [2.75, 3.05) is 0 Å². The molecule has 1 aliphatic carbocycles. The van der Waals surface area contributed by atoms with Crippen molar-refractivity contribution >= 4 is 23.1 Å². The van der Waals surface area contributed by atoms with Gasteiger partial charge in [-0.2, -0.15) is 0 Å². The summed E-state index contributed by atoms with van der Waals surface area (Å²) in [6.45, 7) is 2.16. The van der Waals surface area contributed by atoms with Gasteiger partial charge in [-0.3, -0.25) is 9.55 Å². The predicted octanol–water partition coefficient (Wildman–Crippen LogP) is 13.9. The van der Waals surface area contributed by atoms with Crippen LogP contribution in [0.1, 0.15) is 35.4 Å². The third-order valence-corrected chi connectivity index (χ3v) is 11.9. The summed E-state index contributed by atoms with van der Waals surface area (Å²) in [7, 11) is 0. The molecule has 1 aliphatic heterocycles. The molecular weight excluding hydrogens is 731 g/mol. The summed E-state index contributed by atoms with van der Waals surface area (Å²) >= 11 is 0. The van der Waals surface area contributed by atoms with Gasteiger partial charge >= 0.3 is 0 Å². The summed E-state index contributed by atoms with van der Waals surface area (Å²) in [5, 5.41) is 1.20. The molecule has 11 rings (SSSR count). The molecule has 4 heteroatoms. The number of rotatable bonds is 7. The monoisotopic (exact) mass is 771 g/mol. The maximum atomic E-state index is 6.89. The average Bonchev–Trinajstić information content (AvgIpc) is 3.54. The summed E-state index contributed by atoms with van der Waals surface area (Å²) in [5.41, 5.74) is 16.8. The van der Waals surface area contributed by atoms with Crippen LogP contribution in [0.4, 0.5) is 0 Å². The van der Waals surface area contributed by atoms with Crippen molar-refractivity contribution < 1.29 is 4.74 Å². The van der Waals surface area contributed by atoms with Crippen molar-refractivity contribution in [3.63, 3.8) is 0 Å². The van der Waals surface area contributed by atoms with Crippen LogP contribution in [0.5, 0.6) is 5.75 Å². The van der Waals surface area contributed by atoms with E-state index in [0.717, 1.165) is 85.2 Å². The number of fused-ring (bicyclic) bond motifs is 6. The maximum absolute atomic E-state index is 6.89. The van der Waals surface area contributed by atoms with Gasteiger partial charge in [-0.15, -0.1) is 0 Å². The smallest absolute Gasteiger partial charge is 0.138 e. The van der Waals surface area contributed by atoms with E-state index in [1.54, 1.807) is 0 Å². The summed E-state index contributed by atoms with van der Waals surface area (Å²) in [6.07, 6.45) is 9.77. The van der Waals surface area contributed by atoms with Crippen molar-refractivity contribution in [3.8, 4) is 67.5 Å². The number of aryl methyl sites for hydroxylation is 1. The highest BCUT2D eigenvalue weighted by Gasteiger charge is 2.33. The van der Waals surface area contributed by atoms with Gasteiger partial charge in [-0.05, 0) is 100.0 Å². The normalized spacial score (nSPS) is 15.2. The lowest BCUT2D eigenvalue weighted by molar-refractivity contribution is 0.235. The molecule has 2 aliphatic rings. The van der Waals surface area contributed by atoms with Crippen molar-refractivity contribution in [2.45, 2.75) is 25.4 Å². The molecule has 286 valence electrons. The largest absolute Gasteiger partial charge is 0.485 e. The zero-order valence-electron chi connectivity index (χ0n) is 33.2. The number of benzene rings is 6. The van der Waals surface area contributed by atoms with E-state index in [1.807, 2.05) is 12.1 Å². The molecule has 2 atom stereocenters. The molecule has 4 heterocycles. The van der Waals surface area contributed by atoms with Crippen LogP contribution in [0.25, 0.3) is 84.8 Å². The van der Waals surface area contributed by atoms with E-state index in [2.05, 4.69) is 206 Å². The topological polar surface area (TPSA) is 39.9 Å². The molecular formula is C56H41N3O. The number of nitrogens with zero attached hydrogens (tertiary/aromatic N) is 3. The zero-order chi connectivity index (χ0) is 40.0. The van der Waals surface area contributed by atoms with Crippen molar-refractivity contribution in [1.29, 1.82) is 0 Å². The first kappa shape index (κ1) is 35.6.